The van der Waals surface area contributed by atoms with Crippen molar-refractivity contribution >= 4 is 62.4 Å². The Morgan fingerprint density at radius 3 is 2.90 bits per heavy atom. The summed E-state index contributed by atoms with van der Waals surface area (Å²) in [5.41, 5.74) is 0.702. The minimum atomic E-state index is -0.300. The molecular weight excluding hydrogens is 433 g/mol. The Bertz CT molecular complexity index is 971. The van der Waals surface area contributed by atoms with Crippen LogP contribution in [-0.4, -0.2) is 55.2 Å². The largest absolute Gasteiger partial charge is 0.379 e. The second-order valence-corrected chi connectivity index (χ2v) is 8.39. The Kier molecular flexibility index (Phi) is 7.74. The Morgan fingerprint density at radius 1 is 1.31 bits per heavy atom. The topological polar surface area (TPSA) is 45.7 Å². The highest BCUT2D eigenvalue weighted by Crippen LogP contribution is 2.29. The number of benzene rings is 1. The first-order valence-electron chi connectivity index (χ1n) is 9.08. The standard InChI is InChI=1S/C20H20FN3O2S2.ClH/c21-15-3-5-17-18(14-15)28-20(22-17)24(8-7-23-9-11-26-12-10-23)19(25)6-4-16-2-1-13-27-16;/h1-6,13-14H,7-12H2;1H. The molecule has 0 radical (unpaired) electrons. The number of halogens is 2. The van der Waals surface area contributed by atoms with Crippen molar-refractivity contribution in [3.63, 3.8) is 0 Å². The predicted octanol–water partition coefficient (Wildman–Crippen LogP) is 4.30. The van der Waals surface area contributed by atoms with Crippen LogP contribution in [0.15, 0.2) is 41.8 Å². The number of anilines is 1. The molecule has 1 amide bonds. The van der Waals surface area contributed by atoms with Gasteiger partial charge in [0.25, 0.3) is 5.91 Å². The lowest BCUT2D eigenvalue weighted by Gasteiger charge is -2.28. The van der Waals surface area contributed by atoms with E-state index in [1.165, 1.54) is 23.5 Å². The average molecular weight is 454 g/mol. The highest BCUT2D eigenvalue weighted by molar-refractivity contribution is 7.22. The van der Waals surface area contributed by atoms with Gasteiger partial charge in [0.2, 0.25) is 0 Å². The molecular formula is C20H21ClFN3O2S2. The summed E-state index contributed by atoms with van der Waals surface area (Å²) in [6, 6.07) is 8.42. The zero-order valence-corrected chi connectivity index (χ0v) is 18.1. The third-order valence-corrected chi connectivity index (χ3v) is 6.39. The maximum atomic E-state index is 13.5. The van der Waals surface area contributed by atoms with Crippen molar-refractivity contribution in [3.8, 4) is 0 Å². The van der Waals surface area contributed by atoms with Crippen LogP contribution in [0.25, 0.3) is 16.3 Å². The zero-order valence-electron chi connectivity index (χ0n) is 15.6. The van der Waals surface area contributed by atoms with Crippen molar-refractivity contribution < 1.29 is 13.9 Å². The molecule has 3 aromatic rings. The molecule has 29 heavy (non-hydrogen) atoms. The van der Waals surface area contributed by atoms with Gasteiger partial charge in [0.05, 0.1) is 23.4 Å². The Hall–Kier alpha value is -1.84. The first kappa shape index (κ1) is 21.9. The van der Waals surface area contributed by atoms with Crippen LogP contribution in [0.4, 0.5) is 9.52 Å². The smallest absolute Gasteiger partial charge is 0.252 e. The normalized spacial score (nSPS) is 14.9. The Balaban J connectivity index is 0.00000240. The first-order valence-corrected chi connectivity index (χ1v) is 10.8. The molecule has 1 fully saturated rings. The summed E-state index contributed by atoms with van der Waals surface area (Å²) in [5.74, 6) is -0.423. The van der Waals surface area contributed by atoms with Gasteiger partial charge in [0.15, 0.2) is 5.13 Å². The van der Waals surface area contributed by atoms with Gasteiger partial charge in [0.1, 0.15) is 5.82 Å². The number of carbonyl (C=O) groups is 1. The van der Waals surface area contributed by atoms with Gasteiger partial charge in [-0.2, -0.15) is 0 Å². The molecule has 9 heteroatoms. The van der Waals surface area contributed by atoms with Crippen molar-refractivity contribution in [1.29, 1.82) is 0 Å². The van der Waals surface area contributed by atoms with Crippen LogP contribution in [0, 0.1) is 5.82 Å². The van der Waals surface area contributed by atoms with Crippen LogP contribution in [0.5, 0.6) is 0 Å². The molecule has 154 valence electrons. The number of hydrogen-bond donors (Lipinski definition) is 0. The van der Waals surface area contributed by atoms with E-state index in [1.54, 1.807) is 28.4 Å². The molecule has 1 aliphatic heterocycles. The SMILES string of the molecule is Cl.O=C(C=Cc1cccs1)N(CCN1CCOCC1)c1nc2ccc(F)cc2s1. The molecule has 1 aromatic carbocycles. The Morgan fingerprint density at radius 2 is 2.14 bits per heavy atom. The fourth-order valence-electron chi connectivity index (χ4n) is 3.00. The molecule has 2 aromatic heterocycles. The van der Waals surface area contributed by atoms with Gasteiger partial charge < -0.3 is 4.74 Å². The molecule has 3 heterocycles. The van der Waals surface area contributed by atoms with Crippen molar-refractivity contribution in [1.82, 2.24) is 9.88 Å². The number of hydrogen-bond acceptors (Lipinski definition) is 6. The number of amides is 1. The van der Waals surface area contributed by atoms with Crippen LogP contribution in [0.2, 0.25) is 0 Å². The average Bonchev–Trinajstić information content (AvgIpc) is 3.36. The molecule has 0 N–H and O–H groups in total. The van der Waals surface area contributed by atoms with E-state index in [2.05, 4.69) is 9.88 Å². The maximum Gasteiger partial charge on any atom is 0.252 e. The summed E-state index contributed by atoms with van der Waals surface area (Å²) in [6.07, 6.45) is 3.40. The highest BCUT2D eigenvalue weighted by Gasteiger charge is 2.20. The van der Waals surface area contributed by atoms with E-state index >= 15 is 0 Å². The summed E-state index contributed by atoms with van der Waals surface area (Å²) in [6.45, 7) is 4.41. The van der Waals surface area contributed by atoms with E-state index in [1.807, 2.05) is 23.6 Å². The summed E-state index contributed by atoms with van der Waals surface area (Å²) in [7, 11) is 0. The molecule has 5 nitrogen and oxygen atoms in total. The monoisotopic (exact) mass is 453 g/mol. The first-order chi connectivity index (χ1) is 13.7. The number of thiazole rings is 1. The number of morpholine rings is 1. The van der Waals surface area contributed by atoms with Gasteiger partial charge in [-0.1, -0.05) is 17.4 Å². The molecule has 1 saturated heterocycles. The number of fused-ring (bicyclic) bond motifs is 1. The summed E-state index contributed by atoms with van der Waals surface area (Å²) in [4.78, 5) is 22.5. The fourth-order valence-corrected chi connectivity index (χ4v) is 4.64. The molecule has 0 aliphatic carbocycles. The molecule has 0 spiro atoms. The molecule has 0 saturated carbocycles. The van der Waals surface area contributed by atoms with Gasteiger partial charge in [0, 0.05) is 37.1 Å². The van der Waals surface area contributed by atoms with E-state index in [9.17, 15) is 9.18 Å². The molecule has 0 unspecified atom stereocenters. The van der Waals surface area contributed by atoms with Crippen LogP contribution < -0.4 is 4.90 Å². The van der Waals surface area contributed by atoms with Crippen molar-refractivity contribution in [2.45, 2.75) is 0 Å². The lowest BCUT2D eigenvalue weighted by molar-refractivity contribution is -0.114. The van der Waals surface area contributed by atoms with Gasteiger partial charge in [-0.25, -0.2) is 9.37 Å². The van der Waals surface area contributed by atoms with E-state index in [-0.39, 0.29) is 24.1 Å². The van der Waals surface area contributed by atoms with Crippen LogP contribution in [0.1, 0.15) is 4.88 Å². The lowest BCUT2D eigenvalue weighted by Crippen LogP contribution is -2.42. The predicted molar refractivity (Wildman–Crippen MR) is 120 cm³/mol. The second-order valence-electron chi connectivity index (χ2n) is 6.40. The number of carbonyl (C=O) groups excluding carboxylic acids is 1. The second kappa shape index (κ2) is 10.3. The van der Waals surface area contributed by atoms with E-state index in [0.717, 1.165) is 29.2 Å². The van der Waals surface area contributed by atoms with E-state index in [0.29, 0.717) is 30.4 Å². The third-order valence-electron chi connectivity index (χ3n) is 4.51. The summed E-state index contributed by atoms with van der Waals surface area (Å²) < 4.78 is 19.7. The third kappa shape index (κ3) is 5.61. The minimum absolute atomic E-state index is 0. The molecule has 0 bridgehead atoms. The maximum absolute atomic E-state index is 13.5. The number of nitrogens with zero attached hydrogens (tertiary/aromatic N) is 3. The fraction of sp³-hybridized carbons (Fsp3) is 0.300. The summed E-state index contributed by atoms with van der Waals surface area (Å²) >= 11 is 2.92. The molecule has 1 aliphatic rings. The van der Waals surface area contributed by atoms with Crippen molar-refractivity contribution in [2.75, 3.05) is 44.3 Å². The van der Waals surface area contributed by atoms with Crippen LogP contribution >= 0.6 is 35.1 Å². The highest BCUT2D eigenvalue weighted by atomic mass is 35.5. The number of rotatable bonds is 6. The number of ether oxygens (including phenoxy) is 1. The van der Waals surface area contributed by atoms with Gasteiger partial charge in [-0.15, -0.1) is 23.7 Å². The number of aromatic nitrogens is 1. The van der Waals surface area contributed by atoms with E-state index < -0.39 is 0 Å². The Labute approximate surface area is 182 Å². The van der Waals surface area contributed by atoms with Crippen LogP contribution in [0.3, 0.4) is 0 Å². The van der Waals surface area contributed by atoms with Crippen molar-refractivity contribution in [2.24, 2.45) is 0 Å². The minimum Gasteiger partial charge on any atom is -0.379 e. The molecule has 0 atom stereocenters. The van der Waals surface area contributed by atoms with Gasteiger partial charge in [-0.3, -0.25) is 14.6 Å². The van der Waals surface area contributed by atoms with Crippen molar-refractivity contribution in [3.05, 3.63) is 52.5 Å². The molecule has 4 rings (SSSR count). The van der Waals surface area contributed by atoms with E-state index in [4.69, 9.17) is 4.74 Å². The zero-order chi connectivity index (χ0) is 19.3. The van der Waals surface area contributed by atoms with Gasteiger partial charge >= 0.3 is 0 Å². The summed E-state index contributed by atoms with van der Waals surface area (Å²) in [5, 5.41) is 2.57. The van der Waals surface area contributed by atoms with Gasteiger partial charge in [-0.05, 0) is 35.7 Å². The number of thiophene rings is 1. The quantitative estimate of drug-likeness (QED) is 0.522. The van der Waals surface area contributed by atoms with Crippen LogP contribution in [-0.2, 0) is 9.53 Å². The lowest BCUT2D eigenvalue weighted by atomic mass is 10.3.